The van der Waals surface area contributed by atoms with Gasteiger partial charge in [0.2, 0.25) is 5.70 Å². The van der Waals surface area contributed by atoms with Crippen LogP contribution in [0, 0.1) is 16.0 Å². The van der Waals surface area contributed by atoms with Crippen LogP contribution in [-0.2, 0) is 0 Å². The lowest BCUT2D eigenvalue weighted by atomic mass is 10.1. The Morgan fingerprint density at radius 1 is 1.33 bits per heavy atom. The average Bonchev–Trinajstić information content (AvgIpc) is 2.28. The highest BCUT2D eigenvalue weighted by atomic mass is 16.6. The van der Waals surface area contributed by atoms with Gasteiger partial charge in [0, 0.05) is 32.3 Å². The molecule has 0 aliphatic heterocycles. The second-order valence-electron chi connectivity index (χ2n) is 4.98. The molecule has 0 radical (unpaired) electrons. The van der Waals surface area contributed by atoms with E-state index in [-0.39, 0.29) is 16.5 Å². The molecule has 0 saturated heterocycles. The fourth-order valence-electron chi connectivity index (χ4n) is 1.67. The van der Waals surface area contributed by atoms with Gasteiger partial charge in [-0.05, 0) is 23.6 Å². The minimum atomic E-state index is -0.292. The molecule has 0 heterocycles. The molecule has 98 valence electrons. The summed E-state index contributed by atoms with van der Waals surface area (Å²) >= 11 is 0. The Morgan fingerprint density at radius 2 is 1.89 bits per heavy atom. The van der Waals surface area contributed by atoms with Crippen LogP contribution >= 0.6 is 0 Å². The van der Waals surface area contributed by atoms with Crippen molar-refractivity contribution in [2.75, 3.05) is 19.0 Å². The van der Waals surface area contributed by atoms with E-state index in [2.05, 4.69) is 0 Å². The first-order chi connectivity index (χ1) is 8.40. The van der Waals surface area contributed by atoms with E-state index in [0.29, 0.717) is 6.42 Å². The van der Waals surface area contributed by atoms with Gasteiger partial charge in [-0.15, -0.1) is 0 Å². The minimum Gasteiger partial charge on any atom is -0.378 e. The molecule has 4 heteroatoms. The van der Waals surface area contributed by atoms with Crippen molar-refractivity contribution < 1.29 is 4.92 Å². The van der Waals surface area contributed by atoms with Crippen molar-refractivity contribution in [3.63, 3.8) is 0 Å². The smallest absolute Gasteiger partial charge is 0.247 e. The summed E-state index contributed by atoms with van der Waals surface area (Å²) in [7, 11) is 3.93. The second kappa shape index (κ2) is 6.19. The molecular weight excluding hydrogens is 228 g/mol. The van der Waals surface area contributed by atoms with Crippen molar-refractivity contribution in [3.05, 3.63) is 45.6 Å². The van der Waals surface area contributed by atoms with Crippen LogP contribution in [0.1, 0.15) is 25.8 Å². The summed E-state index contributed by atoms with van der Waals surface area (Å²) in [5.41, 5.74) is 2.22. The third-order valence-electron chi connectivity index (χ3n) is 2.59. The molecule has 0 aliphatic rings. The van der Waals surface area contributed by atoms with Crippen molar-refractivity contribution in [1.82, 2.24) is 0 Å². The summed E-state index contributed by atoms with van der Waals surface area (Å²) in [5, 5.41) is 10.9. The Hall–Kier alpha value is -1.84. The minimum absolute atomic E-state index is 0.266. The lowest BCUT2D eigenvalue weighted by Crippen LogP contribution is -2.08. The SMILES string of the molecule is CC(C)C/C(=C\c1ccc(N(C)C)cc1)[N+](=O)[O-]. The maximum absolute atomic E-state index is 10.9. The number of hydrogen-bond acceptors (Lipinski definition) is 3. The van der Waals surface area contributed by atoms with Crippen LogP contribution in [0.15, 0.2) is 30.0 Å². The highest BCUT2D eigenvalue weighted by molar-refractivity contribution is 5.56. The molecule has 0 atom stereocenters. The quantitative estimate of drug-likeness (QED) is 0.592. The van der Waals surface area contributed by atoms with Gasteiger partial charge in [0.25, 0.3) is 0 Å². The van der Waals surface area contributed by atoms with E-state index in [1.807, 2.05) is 57.1 Å². The topological polar surface area (TPSA) is 46.4 Å². The molecule has 1 rings (SSSR count). The lowest BCUT2D eigenvalue weighted by Gasteiger charge is -2.11. The number of nitrogens with zero attached hydrogens (tertiary/aromatic N) is 2. The van der Waals surface area contributed by atoms with E-state index in [4.69, 9.17) is 0 Å². The summed E-state index contributed by atoms with van der Waals surface area (Å²) in [6.07, 6.45) is 2.14. The fourth-order valence-corrected chi connectivity index (χ4v) is 1.67. The molecule has 4 nitrogen and oxygen atoms in total. The van der Waals surface area contributed by atoms with Crippen molar-refractivity contribution in [3.8, 4) is 0 Å². The first kappa shape index (κ1) is 14.2. The van der Waals surface area contributed by atoms with Crippen LogP contribution in [0.4, 0.5) is 5.69 Å². The first-order valence-electron chi connectivity index (χ1n) is 6.02. The molecule has 1 aromatic carbocycles. The molecule has 0 bridgehead atoms. The van der Waals surface area contributed by atoms with Gasteiger partial charge in [0.1, 0.15) is 0 Å². The maximum Gasteiger partial charge on any atom is 0.247 e. The summed E-state index contributed by atoms with van der Waals surface area (Å²) in [6.45, 7) is 3.96. The Kier molecular flexibility index (Phi) is 4.89. The fraction of sp³-hybridized carbons (Fsp3) is 0.429. The highest BCUT2D eigenvalue weighted by Crippen LogP contribution is 2.18. The van der Waals surface area contributed by atoms with Gasteiger partial charge >= 0.3 is 0 Å². The summed E-state index contributed by atoms with van der Waals surface area (Å²) in [4.78, 5) is 12.6. The summed E-state index contributed by atoms with van der Waals surface area (Å²) < 4.78 is 0. The summed E-state index contributed by atoms with van der Waals surface area (Å²) in [5.74, 6) is 0.280. The molecule has 0 spiro atoms. The monoisotopic (exact) mass is 248 g/mol. The Balaban J connectivity index is 2.94. The lowest BCUT2D eigenvalue weighted by molar-refractivity contribution is -0.427. The molecular formula is C14H20N2O2. The number of rotatable bonds is 5. The maximum atomic E-state index is 10.9. The zero-order chi connectivity index (χ0) is 13.7. The van der Waals surface area contributed by atoms with Crippen LogP contribution in [0.2, 0.25) is 0 Å². The number of allylic oxidation sites excluding steroid dienone is 1. The van der Waals surface area contributed by atoms with E-state index >= 15 is 0 Å². The van der Waals surface area contributed by atoms with Gasteiger partial charge in [0.05, 0.1) is 4.92 Å². The third kappa shape index (κ3) is 4.20. The largest absolute Gasteiger partial charge is 0.378 e. The molecule has 18 heavy (non-hydrogen) atoms. The Bertz CT molecular complexity index is 434. The Morgan fingerprint density at radius 3 is 2.28 bits per heavy atom. The molecule has 0 N–H and O–H groups in total. The first-order valence-corrected chi connectivity index (χ1v) is 6.02. The van der Waals surface area contributed by atoms with Gasteiger partial charge in [-0.25, -0.2) is 0 Å². The van der Waals surface area contributed by atoms with Crippen molar-refractivity contribution in [2.24, 2.45) is 5.92 Å². The summed E-state index contributed by atoms with van der Waals surface area (Å²) in [6, 6.07) is 7.72. The van der Waals surface area contributed by atoms with Crippen LogP contribution in [0.25, 0.3) is 6.08 Å². The number of anilines is 1. The Labute approximate surface area is 108 Å². The van der Waals surface area contributed by atoms with Crippen LogP contribution < -0.4 is 4.90 Å². The molecule has 0 unspecified atom stereocenters. The molecule has 0 amide bonds. The number of benzene rings is 1. The van der Waals surface area contributed by atoms with E-state index in [0.717, 1.165) is 11.3 Å². The third-order valence-corrected chi connectivity index (χ3v) is 2.59. The van der Waals surface area contributed by atoms with Crippen LogP contribution in [0.3, 0.4) is 0 Å². The standard InChI is InChI=1S/C14H20N2O2/c1-11(2)9-14(16(17)18)10-12-5-7-13(8-6-12)15(3)4/h5-8,10-11H,9H2,1-4H3/b14-10+. The van der Waals surface area contributed by atoms with Crippen LogP contribution in [0.5, 0.6) is 0 Å². The van der Waals surface area contributed by atoms with Gasteiger partial charge in [0.15, 0.2) is 0 Å². The van der Waals surface area contributed by atoms with E-state index in [9.17, 15) is 10.1 Å². The van der Waals surface area contributed by atoms with Crippen molar-refractivity contribution >= 4 is 11.8 Å². The molecule has 0 saturated carbocycles. The highest BCUT2D eigenvalue weighted by Gasteiger charge is 2.12. The zero-order valence-electron chi connectivity index (χ0n) is 11.4. The average molecular weight is 248 g/mol. The van der Waals surface area contributed by atoms with Gasteiger partial charge in [-0.2, -0.15) is 0 Å². The molecule has 0 aliphatic carbocycles. The molecule has 0 fully saturated rings. The number of nitro groups is 1. The predicted molar refractivity (Wildman–Crippen MR) is 75.2 cm³/mol. The van der Waals surface area contributed by atoms with Gasteiger partial charge < -0.3 is 4.90 Å². The molecule has 0 aromatic heterocycles. The predicted octanol–water partition coefficient (Wildman–Crippen LogP) is 3.42. The van der Waals surface area contributed by atoms with E-state index in [1.165, 1.54) is 0 Å². The zero-order valence-corrected chi connectivity index (χ0v) is 11.4. The van der Waals surface area contributed by atoms with Gasteiger partial charge in [-0.1, -0.05) is 26.0 Å². The van der Waals surface area contributed by atoms with Crippen LogP contribution in [-0.4, -0.2) is 19.0 Å². The van der Waals surface area contributed by atoms with Crippen molar-refractivity contribution in [1.29, 1.82) is 0 Å². The normalized spacial score (nSPS) is 11.7. The van der Waals surface area contributed by atoms with Gasteiger partial charge in [-0.3, -0.25) is 10.1 Å². The van der Waals surface area contributed by atoms with E-state index < -0.39 is 0 Å². The molecule has 1 aromatic rings. The van der Waals surface area contributed by atoms with Crippen molar-refractivity contribution in [2.45, 2.75) is 20.3 Å². The second-order valence-corrected chi connectivity index (χ2v) is 4.98. The van der Waals surface area contributed by atoms with E-state index in [1.54, 1.807) is 6.08 Å². The number of hydrogen-bond donors (Lipinski definition) is 0.